The Hall–Kier alpha value is -3.97. The Kier molecular flexibility index (Phi) is 6.45. The number of hydrogen-bond acceptors (Lipinski definition) is 8. The summed E-state index contributed by atoms with van der Waals surface area (Å²) in [5, 5.41) is 10.3. The van der Waals surface area contributed by atoms with Crippen molar-refractivity contribution < 1.29 is 21.6 Å². The monoisotopic (exact) mass is 503 g/mol. The number of nitrogens with zero attached hydrogens (tertiary/aromatic N) is 3. The van der Waals surface area contributed by atoms with Gasteiger partial charge in [-0.05, 0) is 42.0 Å². The van der Waals surface area contributed by atoms with Gasteiger partial charge >= 0.3 is 6.18 Å². The summed E-state index contributed by atoms with van der Waals surface area (Å²) in [5.41, 5.74) is 8.71. The van der Waals surface area contributed by atoms with Crippen molar-refractivity contribution in [3.63, 3.8) is 0 Å². The molecule has 0 unspecified atom stereocenters. The van der Waals surface area contributed by atoms with Gasteiger partial charge in [-0.2, -0.15) is 18.2 Å². The van der Waals surface area contributed by atoms with Crippen molar-refractivity contribution in [2.45, 2.75) is 17.6 Å². The van der Waals surface area contributed by atoms with Gasteiger partial charge < -0.3 is 16.4 Å². The first kappa shape index (κ1) is 24.2. The molecule has 0 saturated heterocycles. The van der Waals surface area contributed by atoms with Crippen LogP contribution in [-0.4, -0.2) is 36.1 Å². The highest BCUT2D eigenvalue weighted by molar-refractivity contribution is 7.89. The lowest BCUT2D eigenvalue weighted by Crippen LogP contribution is -2.22. The van der Waals surface area contributed by atoms with Crippen molar-refractivity contribution in [3.05, 3.63) is 66.2 Å². The number of nitrogen functional groups attached to an aromatic ring is 1. The lowest BCUT2D eigenvalue weighted by molar-refractivity contribution is -0.115. The molecule has 0 spiro atoms. The van der Waals surface area contributed by atoms with Crippen LogP contribution in [0.3, 0.4) is 0 Å². The first-order valence-corrected chi connectivity index (χ1v) is 11.7. The standard InChI is InChI=1S/C22H20F3N7O2S/c23-22(24,25)12-29-20-19-18(9-8-17(30-19)14-2-1-3-15(26)10-14)31-21(32-20)28-11-13-4-6-16(7-5-13)35(27,33)34/h1-10H,11-12,26H2,(H2,27,33,34)(H2,28,29,31,32). The van der Waals surface area contributed by atoms with E-state index < -0.39 is 22.7 Å². The number of fused-ring (bicyclic) bond motifs is 1. The van der Waals surface area contributed by atoms with E-state index in [-0.39, 0.29) is 28.7 Å². The molecule has 2 aromatic carbocycles. The van der Waals surface area contributed by atoms with Crippen molar-refractivity contribution in [2.75, 3.05) is 22.9 Å². The van der Waals surface area contributed by atoms with Gasteiger partial charge in [0.15, 0.2) is 5.82 Å². The summed E-state index contributed by atoms with van der Waals surface area (Å²) in [5.74, 6) is -0.0265. The molecular formula is C22H20F3N7O2S. The molecule has 9 nitrogen and oxygen atoms in total. The van der Waals surface area contributed by atoms with E-state index >= 15 is 0 Å². The quantitative estimate of drug-likeness (QED) is 0.280. The highest BCUT2D eigenvalue weighted by atomic mass is 32.2. The smallest absolute Gasteiger partial charge is 0.399 e. The largest absolute Gasteiger partial charge is 0.405 e. The highest BCUT2D eigenvalue weighted by Gasteiger charge is 2.27. The summed E-state index contributed by atoms with van der Waals surface area (Å²) >= 11 is 0. The summed E-state index contributed by atoms with van der Waals surface area (Å²) in [7, 11) is -3.82. The van der Waals surface area contributed by atoms with Crippen LogP contribution < -0.4 is 21.5 Å². The number of halogens is 3. The maximum absolute atomic E-state index is 12.9. The van der Waals surface area contributed by atoms with Crippen LogP contribution in [0, 0.1) is 0 Å². The summed E-state index contributed by atoms with van der Waals surface area (Å²) in [6.45, 7) is -1.12. The van der Waals surface area contributed by atoms with Crippen molar-refractivity contribution in [2.24, 2.45) is 5.14 Å². The lowest BCUT2D eigenvalue weighted by atomic mass is 10.1. The fraction of sp³-hybridized carbons (Fsp3) is 0.136. The molecular weight excluding hydrogens is 483 g/mol. The van der Waals surface area contributed by atoms with Crippen molar-refractivity contribution in [1.29, 1.82) is 0 Å². The first-order chi connectivity index (χ1) is 16.5. The highest BCUT2D eigenvalue weighted by Crippen LogP contribution is 2.27. The molecule has 0 aliphatic heterocycles. The summed E-state index contributed by atoms with van der Waals surface area (Å²) in [6, 6.07) is 16.1. The van der Waals surface area contributed by atoms with Gasteiger partial charge in [-0.3, -0.25) is 0 Å². The van der Waals surface area contributed by atoms with Crippen LogP contribution in [-0.2, 0) is 16.6 Å². The Morgan fingerprint density at radius 2 is 1.66 bits per heavy atom. The molecule has 2 heterocycles. The van der Waals surface area contributed by atoms with Crippen LogP contribution >= 0.6 is 0 Å². The normalized spacial score (nSPS) is 12.0. The molecule has 0 fully saturated rings. The molecule has 13 heteroatoms. The van der Waals surface area contributed by atoms with Gasteiger partial charge in [-0.1, -0.05) is 24.3 Å². The van der Waals surface area contributed by atoms with Crippen LogP contribution in [0.1, 0.15) is 5.56 Å². The van der Waals surface area contributed by atoms with E-state index in [1.807, 2.05) is 0 Å². The number of benzene rings is 2. The number of hydrogen-bond donors (Lipinski definition) is 4. The second-order valence-electron chi connectivity index (χ2n) is 7.60. The molecule has 0 atom stereocenters. The molecule has 35 heavy (non-hydrogen) atoms. The molecule has 0 radical (unpaired) electrons. The molecule has 0 bridgehead atoms. The lowest BCUT2D eigenvalue weighted by Gasteiger charge is -2.14. The predicted octanol–water partition coefficient (Wildman–Crippen LogP) is 3.51. The number of pyridine rings is 1. The minimum Gasteiger partial charge on any atom is -0.399 e. The molecule has 6 N–H and O–H groups in total. The van der Waals surface area contributed by atoms with E-state index in [2.05, 4.69) is 25.6 Å². The topological polar surface area (TPSA) is 149 Å². The second kappa shape index (κ2) is 9.35. The second-order valence-corrected chi connectivity index (χ2v) is 9.16. The van der Waals surface area contributed by atoms with Crippen LogP contribution in [0.25, 0.3) is 22.3 Å². The minimum atomic E-state index is -4.47. The molecule has 182 valence electrons. The van der Waals surface area contributed by atoms with E-state index in [0.29, 0.717) is 28.0 Å². The maximum atomic E-state index is 12.9. The maximum Gasteiger partial charge on any atom is 0.405 e. The third-order valence-electron chi connectivity index (χ3n) is 4.88. The molecule has 0 aliphatic carbocycles. The summed E-state index contributed by atoms with van der Waals surface area (Å²) in [6.07, 6.45) is -4.47. The predicted molar refractivity (Wildman–Crippen MR) is 127 cm³/mol. The van der Waals surface area contributed by atoms with Crippen LogP contribution in [0.15, 0.2) is 65.6 Å². The van der Waals surface area contributed by atoms with Gasteiger partial charge in [-0.25, -0.2) is 23.5 Å². The van der Waals surface area contributed by atoms with E-state index in [9.17, 15) is 21.6 Å². The van der Waals surface area contributed by atoms with Crippen LogP contribution in [0.2, 0.25) is 0 Å². The van der Waals surface area contributed by atoms with E-state index in [1.54, 1.807) is 48.5 Å². The third-order valence-corrected chi connectivity index (χ3v) is 5.81. The van der Waals surface area contributed by atoms with Gasteiger partial charge in [0, 0.05) is 17.8 Å². The molecule has 4 aromatic rings. The molecule has 4 rings (SSSR count). The summed E-state index contributed by atoms with van der Waals surface area (Å²) < 4.78 is 61.5. The summed E-state index contributed by atoms with van der Waals surface area (Å²) in [4.78, 5) is 13.0. The molecule has 0 amide bonds. The Morgan fingerprint density at radius 1 is 0.914 bits per heavy atom. The van der Waals surface area contributed by atoms with Crippen molar-refractivity contribution >= 4 is 38.5 Å². The van der Waals surface area contributed by atoms with E-state index in [4.69, 9.17) is 10.9 Å². The zero-order valence-corrected chi connectivity index (χ0v) is 18.9. The van der Waals surface area contributed by atoms with Crippen LogP contribution in [0.4, 0.5) is 30.6 Å². The Morgan fingerprint density at radius 3 is 2.31 bits per heavy atom. The average molecular weight is 504 g/mol. The number of alkyl halides is 3. The molecule has 2 aromatic heterocycles. The molecule has 0 saturated carbocycles. The number of primary sulfonamides is 1. The van der Waals surface area contributed by atoms with Gasteiger partial charge in [0.25, 0.3) is 0 Å². The number of sulfonamides is 1. The molecule has 0 aliphatic rings. The Balaban J connectivity index is 1.65. The first-order valence-electron chi connectivity index (χ1n) is 10.2. The fourth-order valence-corrected chi connectivity index (χ4v) is 3.75. The van der Waals surface area contributed by atoms with Gasteiger partial charge in [-0.15, -0.1) is 0 Å². The zero-order valence-electron chi connectivity index (χ0n) is 18.0. The minimum absolute atomic E-state index is 0.0381. The van der Waals surface area contributed by atoms with E-state index in [1.165, 1.54) is 12.1 Å². The zero-order chi connectivity index (χ0) is 25.2. The average Bonchev–Trinajstić information content (AvgIpc) is 2.80. The number of anilines is 3. The SMILES string of the molecule is Nc1cccc(-c2ccc3nc(NCc4ccc(S(N)(=O)=O)cc4)nc(NCC(F)(F)F)c3n2)c1. The van der Waals surface area contributed by atoms with Crippen molar-refractivity contribution in [1.82, 2.24) is 15.0 Å². The number of rotatable bonds is 7. The van der Waals surface area contributed by atoms with Gasteiger partial charge in [0.1, 0.15) is 12.1 Å². The van der Waals surface area contributed by atoms with E-state index in [0.717, 1.165) is 0 Å². The van der Waals surface area contributed by atoms with Crippen molar-refractivity contribution in [3.8, 4) is 11.3 Å². The number of nitrogens with one attached hydrogen (secondary N) is 2. The number of aromatic nitrogens is 3. The number of nitrogens with two attached hydrogens (primary N) is 2. The fourth-order valence-electron chi connectivity index (χ4n) is 3.24. The Bertz CT molecular complexity index is 1480. The Labute approximate surface area is 198 Å². The van der Waals surface area contributed by atoms with Gasteiger partial charge in [0.2, 0.25) is 16.0 Å². The van der Waals surface area contributed by atoms with Crippen LogP contribution in [0.5, 0.6) is 0 Å². The third kappa shape index (κ3) is 6.13. The van der Waals surface area contributed by atoms with Gasteiger partial charge in [0.05, 0.1) is 16.1 Å².